The molecule has 6 atom stereocenters. The maximum atomic E-state index is 12.3. The minimum absolute atomic E-state index is 0.299. The van der Waals surface area contributed by atoms with E-state index < -0.39 is 17.3 Å². The molecular formula is C77H75N7O4. The van der Waals surface area contributed by atoms with E-state index in [1.54, 1.807) is 6.07 Å². The third-order valence-electron chi connectivity index (χ3n) is 17.4. The normalized spacial score (nSPS) is 18.5. The molecule has 0 aliphatic heterocycles. The number of aryl methyl sites for hydroxylation is 3. The number of aromatic nitrogens is 6. The topological polar surface area (TPSA) is 165 Å². The fourth-order valence-electron chi connectivity index (χ4n) is 12.4. The molecule has 3 aromatic heterocycles. The predicted octanol–water partition coefficient (Wildman–Crippen LogP) is 18.7. The number of phenolic OH excluding ortho intramolecular Hbond substituents is 1. The fraction of sp³-hybridized carbons (Fsp3) is 0.247. The zero-order chi connectivity index (χ0) is 61.0. The molecule has 3 fully saturated rings. The molecule has 12 aromatic rings. The van der Waals surface area contributed by atoms with Crippen molar-refractivity contribution in [3.05, 3.63) is 257 Å². The molecule has 11 nitrogen and oxygen atoms in total. The molecule has 3 saturated carbocycles. The Labute approximate surface area is 514 Å². The van der Waals surface area contributed by atoms with Gasteiger partial charge in [0.15, 0.2) is 0 Å². The SMILES string of the molecule is Cc1ccc(C2CC2c2nc3ccc(-c4ccccc4C(C)(C)O)cc3[nH]2)cc1.Cc1ccc(C2CC2c2nc3ccc(-c4ccccc4NC(=O)OC(C)(C)C)cc3[nH]2)cc1.Cc1ccc(C2CC2c2nc3ccc(-c4ccccc4O)cc3[nH]2)cc1. The van der Waals surface area contributed by atoms with E-state index in [0.29, 0.717) is 46.9 Å². The van der Waals surface area contributed by atoms with E-state index in [1.807, 2.05) is 120 Å². The van der Waals surface area contributed by atoms with Crippen LogP contribution in [0.3, 0.4) is 0 Å². The first-order valence-corrected chi connectivity index (χ1v) is 30.7. The maximum Gasteiger partial charge on any atom is 0.412 e. The highest BCUT2D eigenvalue weighted by Gasteiger charge is 2.43. The van der Waals surface area contributed by atoms with Gasteiger partial charge in [-0.25, -0.2) is 19.7 Å². The average Bonchev–Trinajstić information content (AvgIpc) is 2.45. The number of nitrogens with one attached hydrogen (secondary N) is 4. The van der Waals surface area contributed by atoms with Crippen molar-refractivity contribution >= 4 is 44.9 Å². The number of carbonyl (C=O) groups excluding carboxylic acids is 1. The molecule has 11 heteroatoms. The minimum Gasteiger partial charge on any atom is -0.507 e. The van der Waals surface area contributed by atoms with Gasteiger partial charge >= 0.3 is 6.09 Å². The number of nitrogens with zero attached hydrogens (tertiary/aromatic N) is 3. The van der Waals surface area contributed by atoms with E-state index in [-0.39, 0.29) is 0 Å². The third-order valence-corrected chi connectivity index (χ3v) is 17.4. The van der Waals surface area contributed by atoms with E-state index >= 15 is 0 Å². The Bertz CT molecular complexity index is 4500. The van der Waals surface area contributed by atoms with Crippen molar-refractivity contribution in [2.75, 3.05) is 5.32 Å². The molecule has 1 amide bonds. The van der Waals surface area contributed by atoms with Crippen LogP contribution in [0, 0.1) is 20.8 Å². The van der Waals surface area contributed by atoms with Crippen molar-refractivity contribution < 1.29 is 19.7 Å². The minimum atomic E-state index is -0.889. The van der Waals surface area contributed by atoms with Gasteiger partial charge in [-0.05, 0) is 185 Å². The summed E-state index contributed by atoms with van der Waals surface area (Å²) in [5.74, 6) is 6.53. The number of hydrogen-bond donors (Lipinski definition) is 6. The van der Waals surface area contributed by atoms with Crippen molar-refractivity contribution in [1.29, 1.82) is 0 Å². The zero-order valence-electron chi connectivity index (χ0n) is 51.2. The summed E-state index contributed by atoms with van der Waals surface area (Å²) < 4.78 is 5.43. The van der Waals surface area contributed by atoms with Crippen LogP contribution in [0.25, 0.3) is 66.5 Å². The molecule has 88 heavy (non-hydrogen) atoms. The lowest BCUT2D eigenvalue weighted by atomic mass is 9.89. The number of anilines is 1. The Hall–Kier alpha value is -9.58. The molecule has 442 valence electrons. The number of imidazole rings is 3. The van der Waals surface area contributed by atoms with Gasteiger partial charge in [0.05, 0.1) is 44.4 Å². The average molecular weight is 1160 g/mol. The lowest BCUT2D eigenvalue weighted by Crippen LogP contribution is -2.27. The summed E-state index contributed by atoms with van der Waals surface area (Å²) in [4.78, 5) is 37.5. The number of fused-ring (bicyclic) bond motifs is 3. The molecule has 0 spiro atoms. The summed E-state index contributed by atoms with van der Waals surface area (Å²) in [6.45, 7) is 15.6. The van der Waals surface area contributed by atoms with E-state index in [9.17, 15) is 15.0 Å². The molecular weight excluding hydrogens is 1090 g/mol. The highest BCUT2D eigenvalue weighted by atomic mass is 16.6. The van der Waals surface area contributed by atoms with Crippen molar-refractivity contribution in [3.63, 3.8) is 0 Å². The summed E-state index contributed by atoms with van der Waals surface area (Å²) in [5, 5.41) is 23.5. The Balaban J connectivity index is 0.000000123. The van der Waals surface area contributed by atoms with Crippen LogP contribution >= 0.6 is 0 Å². The second-order valence-electron chi connectivity index (χ2n) is 25.9. The standard InChI is InChI=1S/C28H29N3O2.C26H26N2O.C23H20N2O/c1-17-9-11-18(12-10-17)21-16-22(21)26-29-24-14-13-19(15-25(24)30-26)20-7-5-6-8-23(20)31-27(32)33-28(2,3)4;1-16-8-10-17(11-9-16)20-15-21(20)25-27-23-13-12-18(14-24(23)28-25)19-6-4-5-7-22(19)26(2,3)29;1-14-6-8-15(9-7-14)18-13-19(18)23-24-20-11-10-16(12-21(20)25-23)17-4-2-3-5-22(17)26/h5-15,21-22H,16H2,1-4H3,(H,29,30)(H,31,32);4-14,20-21,29H,15H2,1-3H3,(H,27,28);2-12,18-19,26H,13H2,1H3,(H,24,25). The van der Waals surface area contributed by atoms with Gasteiger partial charge in [-0.2, -0.15) is 0 Å². The highest BCUT2D eigenvalue weighted by Crippen LogP contribution is 2.56. The Morgan fingerprint density at radius 3 is 1.23 bits per heavy atom. The molecule has 6 N–H and O–H groups in total. The monoisotopic (exact) mass is 1160 g/mol. The molecule has 0 saturated heterocycles. The van der Waals surface area contributed by atoms with Gasteiger partial charge < -0.3 is 29.9 Å². The van der Waals surface area contributed by atoms with Gasteiger partial charge in [0.1, 0.15) is 28.8 Å². The maximum absolute atomic E-state index is 12.3. The van der Waals surface area contributed by atoms with Crippen LogP contribution in [0.2, 0.25) is 0 Å². The van der Waals surface area contributed by atoms with Crippen molar-refractivity contribution in [2.45, 2.75) is 121 Å². The Morgan fingerprint density at radius 2 is 0.818 bits per heavy atom. The lowest BCUT2D eigenvalue weighted by Gasteiger charge is -2.21. The van der Waals surface area contributed by atoms with Crippen molar-refractivity contribution in [3.8, 4) is 39.1 Å². The van der Waals surface area contributed by atoms with Crippen LogP contribution in [0.4, 0.5) is 10.5 Å². The van der Waals surface area contributed by atoms with Crippen molar-refractivity contribution in [2.24, 2.45) is 0 Å². The smallest absolute Gasteiger partial charge is 0.412 e. The molecule has 0 radical (unpaired) electrons. The number of amides is 1. The number of hydrogen-bond acceptors (Lipinski definition) is 7. The number of aromatic hydroxyl groups is 1. The van der Waals surface area contributed by atoms with Gasteiger partial charge in [0, 0.05) is 28.9 Å². The summed E-state index contributed by atoms with van der Waals surface area (Å²) >= 11 is 0. The van der Waals surface area contributed by atoms with Crippen LogP contribution in [0.5, 0.6) is 5.75 Å². The lowest BCUT2D eigenvalue weighted by molar-refractivity contribution is 0.0635. The van der Waals surface area contributed by atoms with Gasteiger partial charge in [-0.1, -0.05) is 168 Å². The second kappa shape index (κ2) is 23.3. The van der Waals surface area contributed by atoms with Crippen molar-refractivity contribution in [1.82, 2.24) is 29.9 Å². The molecule has 6 unspecified atom stereocenters. The fourth-order valence-corrected chi connectivity index (χ4v) is 12.4. The number of benzene rings is 9. The highest BCUT2D eigenvalue weighted by molar-refractivity contribution is 5.94. The molecule has 3 aliphatic rings. The first-order valence-electron chi connectivity index (χ1n) is 30.7. The van der Waals surface area contributed by atoms with Gasteiger partial charge in [-0.15, -0.1) is 0 Å². The molecule has 3 aliphatic carbocycles. The number of H-pyrrole nitrogens is 3. The number of aromatic amines is 3. The first-order chi connectivity index (χ1) is 42.3. The molecule has 15 rings (SSSR count). The quantitative estimate of drug-likeness (QED) is 0.0750. The van der Waals surface area contributed by atoms with Crippen LogP contribution in [0.1, 0.15) is 146 Å². The number of rotatable bonds is 11. The van der Waals surface area contributed by atoms with Crippen LogP contribution in [-0.4, -0.2) is 51.8 Å². The number of ether oxygens (including phenoxy) is 1. The summed E-state index contributed by atoms with van der Waals surface area (Å²) in [7, 11) is 0. The summed E-state index contributed by atoms with van der Waals surface area (Å²) in [6, 6.07) is 68.4. The van der Waals surface area contributed by atoms with E-state index in [1.165, 1.54) is 33.4 Å². The molecule has 9 aromatic carbocycles. The van der Waals surface area contributed by atoms with Gasteiger partial charge in [0.2, 0.25) is 0 Å². The van der Waals surface area contributed by atoms with E-state index in [4.69, 9.17) is 19.7 Å². The Morgan fingerprint density at radius 1 is 0.455 bits per heavy atom. The number of para-hydroxylation sites is 2. The van der Waals surface area contributed by atoms with Crippen LogP contribution in [-0.2, 0) is 10.3 Å². The number of phenols is 1. The van der Waals surface area contributed by atoms with E-state index in [0.717, 1.165) is 109 Å². The predicted molar refractivity (Wildman–Crippen MR) is 355 cm³/mol. The first kappa shape index (κ1) is 57.5. The van der Waals surface area contributed by atoms with Gasteiger partial charge in [0.25, 0.3) is 0 Å². The molecule has 3 heterocycles. The number of carbonyl (C=O) groups is 1. The van der Waals surface area contributed by atoms with Gasteiger partial charge in [-0.3, -0.25) is 5.32 Å². The summed E-state index contributed by atoms with van der Waals surface area (Å²) in [5.41, 5.74) is 20.2. The number of aliphatic hydroxyl groups is 1. The molecule has 0 bridgehead atoms. The third kappa shape index (κ3) is 12.6. The summed E-state index contributed by atoms with van der Waals surface area (Å²) in [6.07, 6.45) is 2.96. The largest absolute Gasteiger partial charge is 0.507 e. The Kier molecular flexibility index (Phi) is 15.2. The van der Waals surface area contributed by atoms with Crippen LogP contribution in [0.15, 0.2) is 200 Å². The second-order valence-corrected chi connectivity index (χ2v) is 25.9. The van der Waals surface area contributed by atoms with Crippen LogP contribution < -0.4 is 5.32 Å². The zero-order valence-corrected chi connectivity index (χ0v) is 51.2. The van der Waals surface area contributed by atoms with E-state index in [2.05, 4.69) is 150 Å².